The highest BCUT2D eigenvalue weighted by Crippen LogP contribution is 1.85. The first-order valence-electron chi connectivity index (χ1n) is 2.78. The van der Waals surface area contributed by atoms with Gasteiger partial charge in [-0.05, 0) is 13.8 Å². The third-order valence-corrected chi connectivity index (χ3v) is 0.668. The maximum atomic E-state index is 10.6. The molecule has 3 nitrogen and oxygen atoms in total. The van der Waals surface area contributed by atoms with Gasteiger partial charge in [-0.2, -0.15) is 0 Å². The Bertz CT molecular complexity index is 125. The molecule has 0 saturated carbocycles. The van der Waals surface area contributed by atoms with Crippen LogP contribution in [0.25, 0.3) is 0 Å². The SMILES string of the molecule is CNNC(=O)C=C(C)C. The second-order valence-corrected chi connectivity index (χ2v) is 1.96. The predicted molar refractivity (Wildman–Crippen MR) is 36.6 cm³/mol. The molecule has 0 spiro atoms. The van der Waals surface area contributed by atoms with E-state index in [1.165, 1.54) is 6.08 Å². The predicted octanol–water partition coefficient (Wildman–Crippen LogP) is 0.203. The molecule has 0 aromatic rings. The molecule has 0 rings (SSSR count). The van der Waals surface area contributed by atoms with Gasteiger partial charge in [-0.25, -0.2) is 5.43 Å². The molecule has 0 bridgehead atoms. The van der Waals surface area contributed by atoms with Gasteiger partial charge in [0.25, 0.3) is 5.91 Å². The van der Waals surface area contributed by atoms with Gasteiger partial charge in [0.05, 0.1) is 0 Å². The van der Waals surface area contributed by atoms with E-state index in [0.29, 0.717) is 0 Å². The highest BCUT2D eigenvalue weighted by Gasteiger charge is 1.89. The Labute approximate surface area is 55.1 Å². The maximum Gasteiger partial charge on any atom is 0.257 e. The normalized spacial score (nSPS) is 8.33. The van der Waals surface area contributed by atoms with Gasteiger partial charge < -0.3 is 0 Å². The third kappa shape index (κ3) is 5.03. The minimum Gasteiger partial charge on any atom is -0.288 e. The number of hydrogen-bond donors (Lipinski definition) is 2. The molecule has 0 heterocycles. The van der Waals surface area contributed by atoms with E-state index in [0.717, 1.165) is 5.57 Å². The van der Waals surface area contributed by atoms with E-state index < -0.39 is 0 Å². The molecule has 0 aromatic carbocycles. The minimum absolute atomic E-state index is 0.113. The van der Waals surface area contributed by atoms with Gasteiger partial charge in [-0.3, -0.25) is 10.2 Å². The number of allylic oxidation sites excluding steroid dienone is 1. The van der Waals surface area contributed by atoms with E-state index in [1.807, 2.05) is 13.8 Å². The van der Waals surface area contributed by atoms with E-state index in [-0.39, 0.29) is 5.91 Å². The van der Waals surface area contributed by atoms with Crippen LogP contribution >= 0.6 is 0 Å². The van der Waals surface area contributed by atoms with Gasteiger partial charge in [0.15, 0.2) is 0 Å². The van der Waals surface area contributed by atoms with Crippen molar-refractivity contribution >= 4 is 5.91 Å². The van der Waals surface area contributed by atoms with Crippen molar-refractivity contribution < 1.29 is 4.79 Å². The fourth-order valence-electron chi connectivity index (χ4n) is 0.421. The van der Waals surface area contributed by atoms with Crippen molar-refractivity contribution in [1.29, 1.82) is 0 Å². The summed E-state index contributed by atoms with van der Waals surface area (Å²) in [6.45, 7) is 3.74. The van der Waals surface area contributed by atoms with Crippen LogP contribution in [0.5, 0.6) is 0 Å². The molecule has 0 radical (unpaired) electrons. The molecular weight excluding hydrogens is 116 g/mol. The van der Waals surface area contributed by atoms with E-state index in [4.69, 9.17) is 0 Å². The highest BCUT2D eigenvalue weighted by molar-refractivity contribution is 5.87. The van der Waals surface area contributed by atoms with Crippen molar-refractivity contribution in [2.75, 3.05) is 7.05 Å². The fraction of sp³-hybridized carbons (Fsp3) is 0.500. The molecule has 0 aromatic heterocycles. The molecule has 0 aliphatic heterocycles. The lowest BCUT2D eigenvalue weighted by Crippen LogP contribution is -2.32. The van der Waals surface area contributed by atoms with Gasteiger partial charge in [0.1, 0.15) is 0 Å². The van der Waals surface area contributed by atoms with Gasteiger partial charge in [0.2, 0.25) is 0 Å². The number of carbonyl (C=O) groups is 1. The summed E-state index contributed by atoms with van der Waals surface area (Å²) in [6.07, 6.45) is 1.52. The van der Waals surface area contributed by atoms with Crippen LogP contribution in [0.3, 0.4) is 0 Å². The maximum absolute atomic E-state index is 10.6. The summed E-state index contributed by atoms with van der Waals surface area (Å²) in [5.74, 6) is -0.113. The number of rotatable bonds is 2. The summed E-state index contributed by atoms with van der Waals surface area (Å²) >= 11 is 0. The molecule has 0 saturated heterocycles. The molecule has 0 aliphatic carbocycles. The van der Waals surface area contributed by atoms with Crippen LogP contribution in [0.1, 0.15) is 13.8 Å². The van der Waals surface area contributed by atoms with Gasteiger partial charge in [-0.15, -0.1) is 0 Å². The van der Waals surface area contributed by atoms with E-state index in [9.17, 15) is 4.79 Å². The lowest BCUT2D eigenvalue weighted by molar-refractivity contribution is -0.117. The lowest BCUT2D eigenvalue weighted by atomic mass is 10.3. The average molecular weight is 128 g/mol. The number of nitrogens with one attached hydrogen (secondary N) is 2. The summed E-state index contributed by atoms with van der Waals surface area (Å²) in [5, 5.41) is 0. The zero-order chi connectivity index (χ0) is 7.28. The molecule has 0 fully saturated rings. The fourth-order valence-corrected chi connectivity index (χ4v) is 0.421. The molecule has 0 atom stereocenters. The van der Waals surface area contributed by atoms with Crippen molar-refractivity contribution in [1.82, 2.24) is 10.9 Å². The summed E-state index contributed by atoms with van der Waals surface area (Å²) in [6, 6.07) is 0. The Morgan fingerprint density at radius 2 is 2.00 bits per heavy atom. The second-order valence-electron chi connectivity index (χ2n) is 1.96. The van der Waals surface area contributed by atoms with Crippen LogP contribution in [-0.2, 0) is 4.79 Å². The minimum atomic E-state index is -0.113. The van der Waals surface area contributed by atoms with Gasteiger partial charge in [0, 0.05) is 13.1 Å². The van der Waals surface area contributed by atoms with Crippen molar-refractivity contribution in [3.05, 3.63) is 11.6 Å². The van der Waals surface area contributed by atoms with Crippen LogP contribution in [0.15, 0.2) is 11.6 Å². The molecule has 0 unspecified atom stereocenters. The summed E-state index contributed by atoms with van der Waals surface area (Å²) < 4.78 is 0. The quantitative estimate of drug-likeness (QED) is 0.412. The Hall–Kier alpha value is -0.830. The smallest absolute Gasteiger partial charge is 0.257 e. The van der Waals surface area contributed by atoms with E-state index in [1.54, 1.807) is 7.05 Å². The molecule has 0 aliphatic rings. The molecular formula is C6H12N2O. The second kappa shape index (κ2) is 4.09. The average Bonchev–Trinajstić information content (AvgIpc) is 1.63. The molecule has 1 amide bonds. The largest absolute Gasteiger partial charge is 0.288 e. The Morgan fingerprint density at radius 3 is 2.33 bits per heavy atom. The highest BCUT2D eigenvalue weighted by atomic mass is 16.2. The first kappa shape index (κ1) is 8.17. The molecule has 9 heavy (non-hydrogen) atoms. The number of hydrazine groups is 1. The first-order chi connectivity index (χ1) is 4.16. The number of hydrogen-bond acceptors (Lipinski definition) is 2. The van der Waals surface area contributed by atoms with Crippen LogP contribution in [-0.4, -0.2) is 13.0 Å². The monoisotopic (exact) mass is 128 g/mol. The van der Waals surface area contributed by atoms with Crippen molar-refractivity contribution in [2.24, 2.45) is 0 Å². The van der Waals surface area contributed by atoms with E-state index in [2.05, 4.69) is 10.9 Å². The Kier molecular flexibility index (Phi) is 3.71. The van der Waals surface area contributed by atoms with Crippen molar-refractivity contribution in [2.45, 2.75) is 13.8 Å². The topological polar surface area (TPSA) is 41.1 Å². The Morgan fingerprint density at radius 1 is 1.44 bits per heavy atom. The van der Waals surface area contributed by atoms with E-state index >= 15 is 0 Å². The van der Waals surface area contributed by atoms with Crippen molar-refractivity contribution in [3.63, 3.8) is 0 Å². The number of carbonyl (C=O) groups excluding carboxylic acids is 1. The Balaban J connectivity index is 3.63. The van der Waals surface area contributed by atoms with Crippen LogP contribution in [0, 0.1) is 0 Å². The molecule has 2 N–H and O–H groups in total. The standard InChI is InChI=1S/C6H12N2O/c1-5(2)4-6(9)8-7-3/h4,7H,1-3H3,(H,8,9). The van der Waals surface area contributed by atoms with Crippen molar-refractivity contribution in [3.8, 4) is 0 Å². The lowest BCUT2D eigenvalue weighted by Gasteiger charge is -1.96. The summed E-state index contributed by atoms with van der Waals surface area (Å²) in [7, 11) is 1.65. The zero-order valence-electron chi connectivity index (χ0n) is 5.99. The summed E-state index contributed by atoms with van der Waals surface area (Å²) in [5.41, 5.74) is 5.93. The van der Waals surface area contributed by atoms with Crippen LogP contribution < -0.4 is 10.9 Å². The molecule has 52 valence electrons. The third-order valence-electron chi connectivity index (χ3n) is 0.668. The number of amides is 1. The summed E-state index contributed by atoms with van der Waals surface area (Å²) in [4.78, 5) is 10.6. The van der Waals surface area contributed by atoms with Crippen LogP contribution in [0.4, 0.5) is 0 Å². The zero-order valence-corrected chi connectivity index (χ0v) is 5.99. The molecule has 3 heteroatoms. The van der Waals surface area contributed by atoms with Crippen LogP contribution in [0.2, 0.25) is 0 Å². The van der Waals surface area contributed by atoms with Gasteiger partial charge in [-0.1, -0.05) is 5.57 Å². The van der Waals surface area contributed by atoms with Gasteiger partial charge >= 0.3 is 0 Å². The first-order valence-corrected chi connectivity index (χ1v) is 2.78.